The lowest BCUT2D eigenvalue weighted by Crippen LogP contribution is -2.40. The molecule has 0 atom stereocenters. The molecule has 0 unspecified atom stereocenters. The van der Waals surface area contributed by atoms with Crippen LogP contribution in [0.4, 0.5) is 0 Å². The molecule has 0 aromatic carbocycles. The van der Waals surface area contributed by atoms with Crippen LogP contribution in [-0.4, -0.2) is 23.9 Å². The van der Waals surface area contributed by atoms with Crippen LogP contribution in [0.5, 0.6) is 0 Å². The van der Waals surface area contributed by atoms with Gasteiger partial charge < -0.3 is 10.6 Å². The summed E-state index contributed by atoms with van der Waals surface area (Å²) in [5.41, 5.74) is -0.277. The Kier molecular flexibility index (Phi) is 5.11. The molecule has 2 amide bonds. The van der Waals surface area contributed by atoms with E-state index in [0.717, 1.165) is 0 Å². The molecular formula is C14H22N2O2S. The van der Waals surface area contributed by atoms with Crippen molar-refractivity contribution in [1.29, 1.82) is 0 Å². The van der Waals surface area contributed by atoms with Gasteiger partial charge in [-0.15, -0.1) is 11.3 Å². The van der Waals surface area contributed by atoms with Crippen molar-refractivity contribution in [2.45, 2.75) is 40.2 Å². The fraction of sp³-hybridized carbons (Fsp3) is 0.571. The summed E-state index contributed by atoms with van der Waals surface area (Å²) in [4.78, 5) is 24.9. The van der Waals surface area contributed by atoms with Crippen molar-refractivity contribution >= 4 is 23.2 Å². The lowest BCUT2D eigenvalue weighted by atomic mass is 10.1. The van der Waals surface area contributed by atoms with Crippen LogP contribution >= 0.6 is 11.3 Å². The SMILES string of the molecule is CC(C)CNC(=O)c1ccc(C(=O)NC(C)(C)C)s1. The Morgan fingerprint density at radius 2 is 1.68 bits per heavy atom. The molecule has 0 saturated carbocycles. The largest absolute Gasteiger partial charge is 0.351 e. The Hall–Kier alpha value is -1.36. The summed E-state index contributed by atoms with van der Waals surface area (Å²) in [6.45, 7) is 10.5. The van der Waals surface area contributed by atoms with E-state index in [4.69, 9.17) is 0 Å². The number of carbonyl (C=O) groups excluding carboxylic acids is 2. The summed E-state index contributed by atoms with van der Waals surface area (Å²) in [5.74, 6) is 0.154. The predicted molar refractivity (Wildman–Crippen MR) is 78.7 cm³/mol. The fourth-order valence-corrected chi connectivity index (χ4v) is 2.19. The average Bonchev–Trinajstić information content (AvgIpc) is 2.72. The Bertz CT molecular complexity index is 458. The quantitative estimate of drug-likeness (QED) is 0.892. The van der Waals surface area contributed by atoms with Gasteiger partial charge in [0.25, 0.3) is 11.8 Å². The molecule has 0 aliphatic carbocycles. The number of rotatable bonds is 4. The number of carbonyl (C=O) groups is 2. The van der Waals surface area contributed by atoms with Gasteiger partial charge in [-0.3, -0.25) is 9.59 Å². The van der Waals surface area contributed by atoms with Crippen LogP contribution in [0.25, 0.3) is 0 Å². The van der Waals surface area contributed by atoms with E-state index in [1.54, 1.807) is 12.1 Å². The molecule has 0 fully saturated rings. The number of thiophene rings is 1. The standard InChI is InChI=1S/C14H22N2O2S/c1-9(2)8-15-12(17)10-6-7-11(19-10)13(18)16-14(3,4)5/h6-7,9H,8H2,1-5H3,(H,15,17)(H,16,18). The van der Waals surface area contributed by atoms with Crippen molar-refractivity contribution in [2.24, 2.45) is 5.92 Å². The smallest absolute Gasteiger partial charge is 0.261 e. The lowest BCUT2D eigenvalue weighted by Gasteiger charge is -2.19. The van der Waals surface area contributed by atoms with Crippen molar-refractivity contribution in [3.63, 3.8) is 0 Å². The number of hydrogen-bond acceptors (Lipinski definition) is 3. The van der Waals surface area contributed by atoms with E-state index >= 15 is 0 Å². The fourth-order valence-electron chi connectivity index (χ4n) is 1.37. The Morgan fingerprint density at radius 3 is 2.16 bits per heavy atom. The van der Waals surface area contributed by atoms with Crippen LogP contribution in [0.3, 0.4) is 0 Å². The molecule has 106 valence electrons. The van der Waals surface area contributed by atoms with Gasteiger partial charge in [-0.2, -0.15) is 0 Å². The third kappa shape index (κ3) is 5.42. The monoisotopic (exact) mass is 282 g/mol. The maximum atomic E-state index is 11.9. The van der Waals surface area contributed by atoms with Crippen molar-refractivity contribution in [1.82, 2.24) is 10.6 Å². The molecule has 0 aliphatic heterocycles. The zero-order valence-electron chi connectivity index (χ0n) is 12.2. The second-order valence-electron chi connectivity index (χ2n) is 5.97. The summed E-state index contributed by atoms with van der Waals surface area (Å²) in [5, 5.41) is 5.72. The van der Waals surface area contributed by atoms with Crippen molar-refractivity contribution in [3.8, 4) is 0 Å². The van der Waals surface area contributed by atoms with E-state index < -0.39 is 0 Å². The third-order valence-electron chi connectivity index (χ3n) is 2.21. The van der Waals surface area contributed by atoms with Gasteiger partial charge in [0, 0.05) is 12.1 Å². The van der Waals surface area contributed by atoms with Crippen LogP contribution < -0.4 is 10.6 Å². The second kappa shape index (κ2) is 6.19. The van der Waals surface area contributed by atoms with Crippen LogP contribution in [0.15, 0.2) is 12.1 Å². The maximum absolute atomic E-state index is 11.9. The van der Waals surface area contributed by atoms with Gasteiger partial charge in [0.1, 0.15) is 0 Å². The van der Waals surface area contributed by atoms with E-state index in [0.29, 0.717) is 22.2 Å². The van der Waals surface area contributed by atoms with Crippen molar-refractivity contribution in [3.05, 3.63) is 21.9 Å². The summed E-state index contributed by atoms with van der Waals surface area (Å²) < 4.78 is 0. The molecule has 1 heterocycles. The Labute approximate surface area is 118 Å². The average molecular weight is 282 g/mol. The summed E-state index contributed by atoms with van der Waals surface area (Å²) >= 11 is 1.22. The minimum absolute atomic E-state index is 0.117. The third-order valence-corrected chi connectivity index (χ3v) is 3.30. The molecule has 1 aromatic heterocycles. The first-order valence-electron chi connectivity index (χ1n) is 6.39. The molecule has 5 heteroatoms. The molecule has 4 nitrogen and oxygen atoms in total. The molecule has 0 aliphatic rings. The number of hydrogen-bond donors (Lipinski definition) is 2. The first-order chi connectivity index (χ1) is 8.69. The van der Waals surface area contributed by atoms with Gasteiger partial charge >= 0.3 is 0 Å². The molecule has 0 spiro atoms. The number of nitrogens with one attached hydrogen (secondary N) is 2. The van der Waals surface area contributed by atoms with Crippen LogP contribution in [-0.2, 0) is 0 Å². The van der Waals surface area contributed by atoms with E-state index in [1.165, 1.54) is 11.3 Å². The van der Waals surface area contributed by atoms with Gasteiger partial charge in [-0.1, -0.05) is 13.8 Å². The molecule has 1 rings (SSSR count). The van der Waals surface area contributed by atoms with Gasteiger partial charge in [0.15, 0.2) is 0 Å². The van der Waals surface area contributed by atoms with Crippen molar-refractivity contribution in [2.75, 3.05) is 6.54 Å². The molecule has 0 bridgehead atoms. The Morgan fingerprint density at radius 1 is 1.16 bits per heavy atom. The topological polar surface area (TPSA) is 58.2 Å². The zero-order valence-corrected chi connectivity index (χ0v) is 13.0. The normalized spacial score (nSPS) is 11.5. The van der Waals surface area contributed by atoms with E-state index in [1.807, 2.05) is 34.6 Å². The first-order valence-corrected chi connectivity index (χ1v) is 7.21. The highest BCUT2D eigenvalue weighted by molar-refractivity contribution is 7.15. The summed E-state index contributed by atoms with van der Waals surface area (Å²) in [6, 6.07) is 3.38. The molecular weight excluding hydrogens is 260 g/mol. The molecule has 0 radical (unpaired) electrons. The first kappa shape index (κ1) is 15.7. The molecule has 19 heavy (non-hydrogen) atoms. The minimum Gasteiger partial charge on any atom is -0.351 e. The van der Waals surface area contributed by atoms with E-state index in [2.05, 4.69) is 10.6 Å². The highest BCUT2D eigenvalue weighted by Gasteiger charge is 2.18. The van der Waals surface area contributed by atoms with Gasteiger partial charge in [-0.05, 0) is 38.8 Å². The van der Waals surface area contributed by atoms with Crippen molar-refractivity contribution < 1.29 is 9.59 Å². The highest BCUT2D eigenvalue weighted by atomic mass is 32.1. The highest BCUT2D eigenvalue weighted by Crippen LogP contribution is 2.17. The van der Waals surface area contributed by atoms with E-state index in [-0.39, 0.29) is 17.4 Å². The predicted octanol–water partition coefficient (Wildman–Crippen LogP) is 2.66. The Balaban J connectivity index is 2.66. The summed E-state index contributed by atoms with van der Waals surface area (Å²) in [7, 11) is 0. The van der Waals surface area contributed by atoms with Crippen LogP contribution in [0.2, 0.25) is 0 Å². The molecule has 1 aromatic rings. The second-order valence-corrected chi connectivity index (χ2v) is 7.06. The van der Waals surface area contributed by atoms with Gasteiger partial charge in [-0.25, -0.2) is 0 Å². The van der Waals surface area contributed by atoms with Gasteiger partial charge in [0.2, 0.25) is 0 Å². The van der Waals surface area contributed by atoms with E-state index in [9.17, 15) is 9.59 Å². The van der Waals surface area contributed by atoms with Gasteiger partial charge in [0.05, 0.1) is 9.75 Å². The molecule has 0 saturated heterocycles. The number of amides is 2. The lowest BCUT2D eigenvalue weighted by molar-refractivity contribution is 0.0922. The van der Waals surface area contributed by atoms with Crippen LogP contribution in [0, 0.1) is 5.92 Å². The molecule has 2 N–H and O–H groups in total. The van der Waals surface area contributed by atoms with Crippen LogP contribution in [0.1, 0.15) is 54.0 Å². The minimum atomic E-state index is -0.277. The zero-order chi connectivity index (χ0) is 14.6. The maximum Gasteiger partial charge on any atom is 0.261 e. The summed E-state index contributed by atoms with van der Waals surface area (Å²) in [6.07, 6.45) is 0.